The molecule has 5 nitrogen and oxygen atoms in total. The highest BCUT2D eigenvalue weighted by atomic mass is 19.3. The Labute approximate surface area is 205 Å². The molecule has 0 radical (unpaired) electrons. The summed E-state index contributed by atoms with van der Waals surface area (Å²) in [6.45, 7) is 7.27. The van der Waals surface area contributed by atoms with Gasteiger partial charge in [0.25, 0.3) is 5.92 Å². The number of benzene rings is 1. The van der Waals surface area contributed by atoms with Crippen LogP contribution < -0.4 is 0 Å². The lowest BCUT2D eigenvalue weighted by molar-refractivity contribution is -0.168. The predicted octanol–water partition coefficient (Wildman–Crippen LogP) is 6.44. The van der Waals surface area contributed by atoms with Gasteiger partial charge in [-0.15, -0.1) is 10.2 Å². The van der Waals surface area contributed by atoms with Crippen LogP contribution in [0, 0.1) is 29.0 Å². The first-order chi connectivity index (χ1) is 16.4. The van der Waals surface area contributed by atoms with E-state index in [1.54, 1.807) is 18.2 Å². The molecule has 4 atom stereocenters. The number of hydrogen-bond acceptors (Lipinski definition) is 4. The van der Waals surface area contributed by atoms with Crippen LogP contribution in [0.25, 0.3) is 11.4 Å². The van der Waals surface area contributed by atoms with Gasteiger partial charge in [0.05, 0.1) is 12.1 Å². The van der Waals surface area contributed by atoms with Gasteiger partial charge in [-0.05, 0) is 92.9 Å². The zero-order chi connectivity index (χ0) is 25.4. The lowest BCUT2D eigenvalue weighted by Crippen LogP contribution is -2.43. The Hall–Kier alpha value is -2.22. The van der Waals surface area contributed by atoms with E-state index in [1.165, 1.54) is 30.3 Å². The molecule has 2 fully saturated rings. The van der Waals surface area contributed by atoms with Crippen molar-refractivity contribution >= 4 is 0 Å². The predicted molar refractivity (Wildman–Crippen MR) is 129 cm³/mol. The monoisotopic (exact) mass is 490 g/mol. The van der Waals surface area contributed by atoms with Crippen LogP contribution in [-0.2, 0) is 6.54 Å². The maximum atomic E-state index is 14.4. The maximum absolute atomic E-state index is 14.4. The van der Waals surface area contributed by atoms with Crippen molar-refractivity contribution in [2.75, 3.05) is 0 Å². The molecule has 1 aromatic carbocycles. The largest absolute Gasteiger partial charge is 0.384 e. The third-order valence-electron chi connectivity index (χ3n) is 8.62. The SMILES string of the molecule is C[C@H](CCC(F)(F)C(C)(C)O)[C@H]1CC[C@H]2/C(=C/Cn3nnc(-c4ccccc4F)n3)CCC[C@]12C. The number of aliphatic hydroxyl groups is 1. The molecule has 1 aromatic heterocycles. The number of rotatable bonds is 8. The van der Waals surface area contributed by atoms with Crippen LogP contribution >= 0.6 is 0 Å². The smallest absolute Gasteiger partial charge is 0.275 e. The van der Waals surface area contributed by atoms with Crippen LogP contribution in [0.4, 0.5) is 13.2 Å². The molecule has 1 N–H and O–H groups in total. The van der Waals surface area contributed by atoms with Gasteiger partial charge in [0.2, 0.25) is 5.82 Å². The number of hydrogen-bond donors (Lipinski definition) is 1. The second-order valence-electron chi connectivity index (χ2n) is 11.3. The minimum Gasteiger partial charge on any atom is -0.384 e. The minimum absolute atomic E-state index is 0.0850. The van der Waals surface area contributed by atoms with E-state index in [2.05, 4.69) is 35.3 Å². The average molecular weight is 491 g/mol. The van der Waals surface area contributed by atoms with Crippen LogP contribution in [-0.4, -0.2) is 36.8 Å². The van der Waals surface area contributed by atoms with E-state index in [-0.39, 0.29) is 29.4 Å². The number of alkyl halides is 2. The third kappa shape index (κ3) is 5.18. The van der Waals surface area contributed by atoms with Gasteiger partial charge in [0.15, 0.2) is 0 Å². The Morgan fingerprint density at radius 1 is 1.26 bits per heavy atom. The van der Waals surface area contributed by atoms with Gasteiger partial charge in [-0.2, -0.15) is 4.80 Å². The van der Waals surface area contributed by atoms with Crippen molar-refractivity contribution < 1.29 is 18.3 Å². The number of fused-ring (bicyclic) bond motifs is 1. The lowest BCUT2D eigenvalue weighted by Gasteiger charge is -2.44. The highest BCUT2D eigenvalue weighted by Crippen LogP contribution is 2.60. The number of nitrogens with zero attached hydrogens (tertiary/aromatic N) is 4. The molecule has 2 saturated carbocycles. The fourth-order valence-corrected chi connectivity index (χ4v) is 6.44. The van der Waals surface area contributed by atoms with Crippen molar-refractivity contribution in [3.8, 4) is 11.4 Å². The summed E-state index contributed by atoms with van der Waals surface area (Å²) in [5.74, 6) is -2.23. The summed E-state index contributed by atoms with van der Waals surface area (Å²) in [4.78, 5) is 1.49. The summed E-state index contributed by atoms with van der Waals surface area (Å²) in [5.41, 5.74) is -0.196. The Morgan fingerprint density at radius 3 is 2.71 bits per heavy atom. The lowest BCUT2D eigenvalue weighted by atomic mass is 9.60. The standard InChI is InChI=1S/C27H37F3N4O/c1-18(13-16-27(29,30)25(2,3)35)21-11-12-22-19(8-7-15-26(21,22)4)14-17-34-32-24(31-33-34)20-9-5-6-10-23(20)28/h5-6,9-10,14,18,21-22,35H,7-8,11-13,15-17H2,1-4H3/b19-14+/t18-,21-,22+,26-/m1/s1. The van der Waals surface area contributed by atoms with Crippen LogP contribution in [0.5, 0.6) is 0 Å². The Morgan fingerprint density at radius 2 is 2.00 bits per heavy atom. The van der Waals surface area contributed by atoms with Gasteiger partial charge in [-0.25, -0.2) is 13.2 Å². The molecule has 0 aliphatic heterocycles. The van der Waals surface area contributed by atoms with E-state index in [9.17, 15) is 18.3 Å². The van der Waals surface area contributed by atoms with Gasteiger partial charge in [-0.3, -0.25) is 0 Å². The summed E-state index contributed by atoms with van der Waals surface area (Å²) in [6, 6.07) is 6.39. The topological polar surface area (TPSA) is 63.8 Å². The van der Waals surface area contributed by atoms with Gasteiger partial charge in [0, 0.05) is 6.42 Å². The molecule has 2 aliphatic rings. The molecule has 1 heterocycles. The second-order valence-corrected chi connectivity index (χ2v) is 11.3. The summed E-state index contributed by atoms with van der Waals surface area (Å²) in [5, 5.41) is 22.3. The molecular weight excluding hydrogens is 453 g/mol. The highest BCUT2D eigenvalue weighted by molar-refractivity contribution is 5.54. The van der Waals surface area contributed by atoms with Crippen molar-refractivity contribution in [2.45, 2.75) is 90.7 Å². The van der Waals surface area contributed by atoms with Crippen molar-refractivity contribution in [1.29, 1.82) is 0 Å². The molecule has 4 rings (SSSR count). The quantitative estimate of drug-likeness (QED) is 0.432. The maximum Gasteiger partial charge on any atom is 0.275 e. The normalized spacial score (nSPS) is 27.3. The number of allylic oxidation sites excluding steroid dienone is 2. The summed E-state index contributed by atoms with van der Waals surface area (Å²) in [6.07, 6.45) is 7.59. The van der Waals surface area contributed by atoms with Crippen molar-refractivity contribution in [3.63, 3.8) is 0 Å². The van der Waals surface area contributed by atoms with E-state index in [1.807, 2.05) is 0 Å². The fourth-order valence-electron chi connectivity index (χ4n) is 6.44. The summed E-state index contributed by atoms with van der Waals surface area (Å²) >= 11 is 0. The minimum atomic E-state index is -3.09. The van der Waals surface area contributed by atoms with E-state index in [0.717, 1.165) is 32.1 Å². The first-order valence-electron chi connectivity index (χ1n) is 12.7. The number of aromatic nitrogens is 4. The molecule has 0 bridgehead atoms. The molecule has 0 spiro atoms. The Balaban J connectivity index is 1.43. The second kappa shape index (κ2) is 9.68. The molecule has 0 amide bonds. The zero-order valence-electron chi connectivity index (χ0n) is 21.1. The van der Waals surface area contributed by atoms with Crippen molar-refractivity contribution in [3.05, 3.63) is 41.7 Å². The van der Waals surface area contributed by atoms with Crippen LogP contribution in [0.2, 0.25) is 0 Å². The fraction of sp³-hybridized carbons (Fsp3) is 0.667. The van der Waals surface area contributed by atoms with E-state index >= 15 is 0 Å². The highest BCUT2D eigenvalue weighted by Gasteiger charge is 2.51. The van der Waals surface area contributed by atoms with Crippen LogP contribution in [0.3, 0.4) is 0 Å². The molecule has 0 unspecified atom stereocenters. The van der Waals surface area contributed by atoms with Gasteiger partial charge in [-0.1, -0.05) is 37.6 Å². The van der Waals surface area contributed by atoms with Gasteiger partial charge in [0.1, 0.15) is 11.4 Å². The zero-order valence-corrected chi connectivity index (χ0v) is 21.1. The molecule has 2 aliphatic carbocycles. The van der Waals surface area contributed by atoms with Crippen LogP contribution in [0.15, 0.2) is 35.9 Å². The van der Waals surface area contributed by atoms with Gasteiger partial charge < -0.3 is 5.11 Å². The van der Waals surface area contributed by atoms with E-state index < -0.39 is 11.5 Å². The average Bonchev–Trinajstić information content (AvgIpc) is 3.40. The van der Waals surface area contributed by atoms with Gasteiger partial charge >= 0.3 is 0 Å². The first-order valence-corrected chi connectivity index (χ1v) is 12.7. The Kier molecular flexibility index (Phi) is 7.15. The molecule has 0 saturated heterocycles. The van der Waals surface area contributed by atoms with E-state index in [4.69, 9.17) is 0 Å². The van der Waals surface area contributed by atoms with E-state index in [0.29, 0.717) is 30.4 Å². The first kappa shape index (κ1) is 25.9. The summed E-state index contributed by atoms with van der Waals surface area (Å²) in [7, 11) is 0. The molecule has 8 heteroatoms. The third-order valence-corrected chi connectivity index (χ3v) is 8.62. The molecule has 2 aromatic rings. The van der Waals surface area contributed by atoms with Crippen LogP contribution in [0.1, 0.15) is 72.6 Å². The molecule has 192 valence electrons. The number of tetrazole rings is 1. The van der Waals surface area contributed by atoms with Crippen molar-refractivity contribution in [1.82, 2.24) is 20.2 Å². The van der Waals surface area contributed by atoms with Crippen molar-refractivity contribution in [2.24, 2.45) is 23.2 Å². The molecule has 35 heavy (non-hydrogen) atoms. The number of halogens is 3. The summed E-state index contributed by atoms with van der Waals surface area (Å²) < 4.78 is 42.8. The molecular formula is C27H37F3N4O. The Bertz CT molecular complexity index is 1060.